The van der Waals surface area contributed by atoms with Crippen LogP contribution >= 0.6 is 0 Å². The van der Waals surface area contributed by atoms with Crippen LogP contribution < -0.4 is 4.74 Å². The summed E-state index contributed by atoms with van der Waals surface area (Å²) in [7, 11) is -4.17. The van der Waals surface area contributed by atoms with Crippen LogP contribution in [0.2, 0.25) is 0 Å². The highest BCUT2D eigenvalue weighted by Gasteiger charge is 2.10. The van der Waals surface area contributed by atoms with E-state index in [2.05, 4.69) is 6.92 Å². The molecule has 0 spiro atoms. The van der Waals surface area contributed by atoms with Gasteiger partial charge in [0.25, 0.3) is 10.1 Å². The molecule has 0 aliphatic heterocycles. The Bertz CT molecular complexity index is 721. The summed E-state index contributed by atoms with van der Waals surface area (Å²) in [6.07, 6.45) is 5.72. The molecule has 124 valence electrons. The first kappa shape index (κ1) is 17.5. The third kappa shape index (κ3) is 5.37. The topological polar surface area (TPSA) is 63.6 Å². The van der Waals surface area contributed by atoms with Crippen molar-refractivity contribution in [3.8, 4) is 11.5 Å². The maximum Gasteiger partial charge on any atom is 0.294 e. The van der Waals surface area contributed by atoms with Gasteiger partial charge in [-0.05, 0) is 48.7 Å². The molecule has 0 aromatic heterocycles. The summed E-state index contributed by atoms with van der Waals surface area (Å²) >= 11 is 0. The zero-order chi connectivity index (χ0) is 16.7. The van der Waals surface area contributed by atoms with E-state index in [1.807, 2.05) is 24.3 Å². The molecule has 1 N–H and O–H groups in total. The predicted molar refractivity (Wildman–Crippen MR) is 90.6 cm³/mol. The Balaban J connectivity index is 2.07. The molecule has 2 aromatic rings. The number of hydrogen-bond donors (Lipinski definition) is 1. The minimum atomic E-state index is -4.17. The molecule has 0 heterocycles. The Labute approximate surface area is 137 Å². The van der Waals surface area contributed by atoms with Crippen LogP contribution in [0, 0.1) is 0 Å². The normalized spacial score (nSPS) is 11.4. The summed E-state index contributed by atoms with van der Waals surface area (Å²) in [5.41, 5.74) is 1.14. The Morgan fingerprint density at radius 3 is 2.30 bits per heavy atom. The van der Waals surface area contributed by atoms with Gasteiger partial charge in [0, 0.05) is 0 Å². The van der Waals surface area contributed by atoms with Crippen molar-refractivity contribution >= 4 is 10.1 Å². The molecule has 2 rings (SSSR count). The van der Waals surface area contributed by atoms with Crippen molar-refractivity contribution in [3.63, 3.8) is 0 Å². The molecule has 0 bridgehead atoms. The van der Waals surface area contributed by atoms with Gasteiger partial charge in [0.15, 0.2) is 0 Å². The maximum atomic E-state index is 11.0. The first-order valence-electron chi connectivity index (χ1n) is 7.84. The molecule has 0 radical (unpaired) electrons. The van der Waals surface area contributed by atoms with Crippen LogP contribution in [0.5, 0.6) is 11.5 Å². The van der Waals surface area contributed by atoms with Crippen LogP contribution in [0.25, 0.3) is 0 Å². The second kappa shape index (κ2) is 8.13. The molecular formula is C18H22O4S. The first-order valence-corrected chi connectivity index (χ1v) is 9.28. The van der Waals surface area contributed by atoms with Crippen molar-refractivity contribution in [1.29, 1.82) is 0 Å². The second-order valence-electron chi connectivity index (χ2n) is 5.47. The minimum absolute atomic E-state index is 0.141. The molecule has 0 saturated heterocycles. The van der Waals surface area contributed by atoms with Crippen molar-refractivity contribution in [3.05, 3.63) is 54.1 Å². The minimum Gasteiger partial charge on any atom is -0.457 e. The zero-order valence-electron chi connectivity index (χ0n) is 13.2. The average Bonchev–Trinajstić information content (AvgIpc) is 2.53. The van der Waals surface area contributed by atoms with E-state index in [4.69, 9.17) is 9.29 Å². The van der Waals surface area contributed by atoms with Gasteiger partial charge >= 0.3 is 0 Å². The van der Waals surface area contributed by atoms with Gasteiger partial charge in [0.2, 0.25) is 0 Å². The number of unbranched alkanes of at least 4 members (excludes halogenated alkanes) is 3. The lowest BCUT2D eigenvalue weighted by molar-refractivity contribution is 0.472. The van der Waals surface area contributed by atoms with Crippen LogP contribution in [0.4, 0.5) is 0 Å². The van der Waals surface area contributed by atoms with Crippen LogP contribution in [-0.2, 0) is 16.5 Å². The van der Waals surface area contributed by atoms with E-state index in [0.29, 0.717) is 5.75 Å². The molecule has 5 heteroatoms. The van der Waals surface area contributed by atoms with E-state index < -0.39 is 10.1 Å². The smallest absolute Gasteiger partial charge is 0.294 e. The summed E-state index contributed by atoms with van der Waals surface area (Å²) in [5, 5.41) is 0. The van der Waals surface area contributed by atoms with E-state index >= 15 is 0 Å². The molecule has 0 saturated carbocycles. The van der Waals surface area contributed by atoms with Gasteiger partial charge in [0.05, 0.1) is 4.90 Å². The second-order valence-corrected chi connectivity index (χ2v) is 6.89. The average molecular weight is 334 g/mol. The van der Waals surface area contributed by atoms with Crippen molar-refractivity contribution in [2.24, 2.45) is 0 Å². The lowest BCUT2D eigenvalue weighted by Crippen LogP contribution is -1.97. The summed E-state index contributed by atoms with van der Waals surface area (Å²) in [5.74, 6) is 1.32. The van der Waals surface area contributed by atoms with Crippen LogP contribution in [0.1, 0.15) is 38.2 Å². The highest BCUT2D eigenvalue weighted by atomic mass is 32.2. The molecule has 0 atom stereocenters. The Morgan fingerprint density at radius 1 is 0.957 bits per heavy atom. The lowest BCUT2D eigenvalue weighted by Gasteiger charge is -2.11. The fourth-order valence-corrected chi connectivity index (χ4v) is 2.84. The third-order valence-corrected chi connectivity index (χ3v) is 4.49. The van der Waals surface area contributed by atoms with Crippen molar-refractivity contribution < 1.29 is 17.7 Å². The van der Waals surface area contributed by atoms with Crippen molar-refractivity contribution in [2.75, 3.05) is 0 Å². The number of rotatable bonds is 8. The number of benzene rings is 2. The zero-order valence-corrected chi connectivity index (χ0v) is 14.1. The molecule has 4 nitrogen and oxygen atoms in total. The summed E-state index contributed by atoms with van der Waals surface area (Å²) in [6, 6.07) is 13.6. The van der Waals surface area contributed by atoms with Gasteiger partial charge in [-0.1, -0.05) is 44.4 Å². The summed E-state index contributed by atoms with van der Waals surface area (Å²) in [4.78, 5) is -0.141. The van der Waals surface area contributed by atoms with Crippen LogP contribution in [0.3, 0.4) is 0 Å². The van der Waals surface area contributed by atoms with Crippen molar-refractivity contribution in [1.82, 2.24) is 0 Å². The molecule has 0 aliphatic rings. The Kier molecular flexibility index (Phi) is 6.19. The molecule has 0 unspecified atom stereocenters. The van der Waals surface area contributed by atoms with E-state index in [1.54, 1.807) is 0 Å². The first-order chi connectivity index (χ1) is 11.0. The standard InChI is InChI=1S/C18H22O4S/c1-2-3-4-5-8-15-9-6-7-10-18(15)22-16-11-13-17(14-12-16)23(19,20)21/h6-7,9-14H,2-5,8H2,1H3,(H,19,20,21). The fourth-order valence-electron chi connectivity index (χ4n) is 2.36. The van der Waals surface area contributed by atoms with Gasteiger partial charge in [0.1, 0.15) is 11.5 Å². The quantitative estimate of drug-likeness (QED) is 0.554. The van der Waals surface area contributed by atoms with Crippen LogP contribution in [-0.4, -0.2) is 13.0 Å². The molecular weight excluding hydrogens is 312 g/mol. The van der Waals surface area contributed by atoms with Gasteiger partial charge in [-0.2, -0.15) is 8.42 Å². The SMILES string of the molecule is CCCCCCc1ccccc1Oc1ccc(S(=O)(=O)O)cc1. The van der Waals surface area contributed by atoms with E-state index in [0.717, 1.165) is 24.2 Å². The maximum absolute atomic E-state index is 11.0. The van der Waals surface area contributed by atoms with E-state index in [-0.39, 0.29) is 4.90 Å². The van der Waals surface area contributed by atoms with Gasteiger partial charge in [-0.15, -0.1) is 0 Å². The Hall–Kier alpha value is -1.85. The number of hydrogen-bond acceptors (Lipinski definition) is 3. The highest BCUT2D eigenvalue weighted by Crippen LogP contribution is 2.27. The molecule has 0 aliphatic carbocycles. The molecule has 0 amide bonds. The summed E-state index contributed by atoms with van der Waals surface area (Å²) < 4.78 is 36.9. The third-order valence-electron chi connectivity index (χ3n) is 3.62. The molecule has 2 aromatic carbocycles. The van der Waals surface area contributed by atoms with Gasteiger partial charge in [-0.25, -0.2) is 0 Å². The molecule has 0 fully saturated rings. The summed E-state index contributed by atoms with van der Waals surface area (Å²) in [6.45, 7) is 2.19. The van der Waals surface area contributed by atoms with Crippen molar-refractivity contribution in [2.45, 2.75) is 43.9 Å². The molecule has 23 heavy (non-hydrogen) atoms. The lowest BCUT2D eigenvalue weighted by atomic mass is 10.1. The number of para-hydroxylation sites is 1. The van der Waals surface area contributed by atoms with E-state index in [1.165, 1.54) is 43.5 Å². The number of aryl methyl sites for hydroxylation is 1. The van der Waals surface area contributed by atoms with E-state index in [9.17, 15) is 8.42 Å². The fraction of sp³-hybridized carbons (Fsp3) is 0.333. The highest BCUT2D eigenvalue weighted by molar-refractivity contribution is 7.85. The predicted octanol–water partition coefficient (Wildman–Crippen LogP) is 4.85. The van der Waals surface area contributed by atoms with Gasteiger partial charge in [-0.3, -0.25) is 4.55 Å². The van der Waals surface area contributed by atoms with Gasteiger partial charge < -0.3 is 4.74 Å². The van der Waals surface area contributed by atoms with Crippen LogP contribution in [0.15, 0.2) is 53.4 Å². The number of ether oxygens (including phenoxy) is 1. The monoisotopic (exact) mass is 334 g/mol. The largest absolute Gasteiger partial charge is 0.457 e. The Morgan fingerprint density at radius 2 is 1.65 bits per heavy atom.